The van der Waals surface area contributed by atoms with Gasteiger partial charge in [-0.05, 0) is 12.8 Å². The van der Waals surface area contributed by atoms with Crippen molar-refractivity contribution in [1.82, 2.24) is 4.90 Å². The molecule has 6 nitrogen and oxygen atoms in total. The van der Waals surface area contributed by atoms with Crippen molar-refractivity contribution in [2.75, 3.05) is 13.2 Å². The van der Waals surface area contributed by atoms with Crippen LogP contribution in [0.15, 0.2) is 11.4 Å². The molecule has 0 bridgehead atoms. The van der Waals surface area contributed by atoms with E-state index in [1.165, 1.54) is 4.90 Å². The third-order valence-electron chi connectivity index (χ3n) is 2.90. The van der Waals surface area contributed by atoms with E-state index >= 15 is 0 Å². The van der Waals surface area contributed by atoms with Crippen LogP contribution in [0, 0.1) is 0 Å². The molecule has 2 aliphatic rings. The number of hydrogen-bond acceptors (Lipinski definition) is 4. The Balaban J connectivity index is 2.08. The van der Waals surface area contributed by atoms with Gasteiger partial charge in [-0.1, -0.05) is 0 Å². The maximum Gasteiger partial charge on any atom is 0.335 e. The summed E-state index contributed by atoms with van der Waals surface area (Å²) in [5.74, 6) is -1.32. The number of rotatable bonds is 3. The molecule has 1 atom stereocenters. The minimum absolute atomic E-state index is 0.0111. The molecule has 2 aliphatic heterocycles. The second-order valence-corrected chi connectivity index (χ2v) is 3.99. The highest BCUT2D eigenvalue weighted by atomic mass is 16.5. The molecule has 0 aliphatic carbocycles. The van der Waals surface area contributed by atoms with Crippen molar-refractivity contribution in [3.8, 4) is 0 Å². The second kappa shape index (κ2) is 4.13. The largest absolute Gasteiger partial charge is 0.478 e. The fourth-order valence-electron chi connectivity index (χ4n) is 2.01. The molecule has 1 unspecified atom stereocenters. The van der Waals surface area contributed by atoms with E-state index in [9.17, 15) is 9.59 Å². The van der Waals surface area contributed by atoms with E-state index in [4.69, 9.17) is 15.6 Å². The fourth-order valence-corrected chi connectivity index (χ4v) is 2.01. The van der Waals surface area contributed by atoms with Crippen molar-refractivity contribution in [3.05, 3.63) is 11.4 Å². The molecule has 0 radical (unpaired) electrons. The van der Waals surface area contributed by atoms with Gasteiger partial charge in [-0.3, -0.25) is 9.69 Å². The first-order valence-corrected chi connectivity index (χ1v) is 5.23. The molecule has 6 heteroatoms. The summed E-state index contributed by atoms with van der Waals surface area (Å²) in [4.78, 5) is 23.7. The third kappa shape index (κ3) is 1.88. The molecule has 1 saturated heterocycles. The number of ether oxygens (including phenoxy) is 1. The molecule has 16 heavy (non-hydrogen) atoms. The van der Waals surface area contributed by atoms with Crippen LogP contribution in [0.3, 0.4) is 0 Å². The van der Waals surface area contributed by atoms with E-state index < -0.39 is 5.97 Å². The van der Waals surface area contributed by atoms with E-state index in [0.717, 1.165) is 12.8 Å². The molecule has 1 fully saturated rings. The van der Waals surface area contributed by atoms with Gasteiger partial charge in [-0.25, -0.2) is 4.79 Å². The monoisotopic (exact) mass is 226 g/mol. The normalized spacial score (nSPS) is 25.6. The summed E-state index contributed by atoms with van der Waals surface area (Å²) in [6, 6.07) is 0. The number of hydrogen-bond donors (Lipinski definition) is 2. The Morgan fingerprint density at radius 3 is 2.88 bits per heavy atom. The van der Waals surface area contributed by atoms with Gasteiger partial charge in [0, 0.05) is 6.61 Å². The number of carbonyl (C=O) groups excluding carboxylic acids is 1. The molecule has 2 heterocycles. The Kier molecular flexibility index (Phi) is 2.82. The first kappa shape index (κ1) is 10.9. The third-order valence-corrected chi connectivity index (χ3v) is 2.90. The van der Waals surface area contributed by atoms with Gasteiger partial charge in [0.25, 0.3) is 0 Å². The topological polar surface area (TPSA) is 92.9 Å². The van der Waals surface area contributed by atoms with E-state index in [1.807, 2.05) is 0 Å². The predicted octanol–water partition coefficient (Wildman–Crippen LogP) is -0.347. The van der Waals surface area contributed by atoms with Gasteiger partial charge in [0.2, 0.25) is 5.91 Å². The van der Waals surface area contributed by atoms with Gasteiger partial charge in [-0.2, -0.15) is 0 Å². The Bertz CT molecular complexity index is 358. The van der Waals surface area contributed by atoms with Crippen LogP contribution in [0.1, 0.15) is 19.3 Å². The smallest absolute Gasteiger partial charge is 0.335 e. The van der Waals surface area contributed by atoms with Crippen molar-refractivity contribution < 1.29 is 19.4 Å². The Hall–Kier alpha value is -1.56. The molecule has 0 spiro atoms. The number of aliphatic carboxylic acids is 1. The standard InChI is InChI=1S/C10H14N2O4/c11-9-7(10(14)15)4-8(13)12(9)5-6-2-1-3-16-6/h6H,1-5,11H2,(H,14,15). The molecule has 1 amide bonds. The van der Waals surface area contributed by atoms with Crippen molar-refractivity contribution in [1.29, 1.82) is 0 Å². The number of nitrogens with zero attached hydrogens (tertiary/aromatic N) is 1. The van der Waals surface area contributed by atoms with Crippen molar-refractivity contribution >= 4 is 11.9 Å². The van der Waals surface area contributed by atoms with Gasteiger partial charge in [0.1, 0.15) is 5.82 Å². The maximum atomic E-state index is 11.6. The number of carbonyl (C=O) groups is 2. The van der Waals surface area contributed by atoms with Crippen molar-refractivity contribution in [2.45, 2.75) is 25.4 Å². The summed E-state index contributed by atoms with van der Waals surface area (Å²) in [5.41, 5.74) is 5.63. The number of carboxylic acids is 1. The van der Waals surface area contributed by atoms with Crippen LogP contribution in [-0.4, -0.2) is 41.1 Å². The van der Waals surface area contributed by atoms with E-state index in [0.29, 0.717) is 13.2 Å². The Labute approximate surface area is 92.7 Å². The Morgan fingerprint density at radius 1 is 1.62 bits per heavy atom. The maximum absolute atomic E-state index is 11.6. The highest BCUT2D eigenvalue weighted by Gasteiger charge is 2.34. The lowest BCUT2D eigenvalue weighted by Crippen LogP contribution is -2.35. The van der Waals surface area contributed by atoms with Crippen LogP contribution in [0.2, 0.25) is 0 Å². The van der Waals surface area contributed by atoms with Crippen molar-refractivity contribution in [2.24, 2.45) is 5.73 Å². The average molecular weight is 226 g/mol. The highest BCUT2D eigenvalue weighted by Crippen LogP contribution is 2.23. The molecule has 3 N–H and O–H groups in total. The summed E-state index contributed by atoms with van der Waals surface area (Å²) < 4.78 is 5.39. The first-order valence-electron chi connectivity index (χ1n) is 5.23. The summed E-state index contributed by atoms with van der Waals surface area (Å²) in [6.45, 7) is 1.06. The van der Waals surface area contributed by atoms with Crippen LogP contribution in [-0.2, 0) is 14.3 Å². The van der Waals surface area contributed by atoms with E-state index in [2.05, 4.69) is 0 Å². The van der Waals surface area contributed by atoms with Gasteiger partial charge >= 0.3 is 5.97 Å². The van der Waals surface area contributed by atoms with Gasteiger partial charge in [-0.15, -0.1) is 0 Å². The summed E-state index contributed by atoms with van der Waals surface area (Å²) >= 11 is 0. The fraction of sp³-hybridized carbons (Fsp3) is 0.600. The lowest BCUT2D eigenvalue weighted by Gasteiger charge is -2.20. The van der Waals surface area contributed by atoms with Gasteiger partial charge in [0.05, 0.1) is 24.6 Å². The molecule has 0 aromatic carbocycles. The zero-order chi connectivity index (χ0) is 11.7. The zero-order valence-corrected chi connectivity index (χ0v) is 8.81. The lowest BCUT2D eigenvalue weighted by molar-refractivity contribution is -0.134. The number of nitrogens with two attached hydrogens (primary N) is 1. The predicted molar refractivity (Wildman–Crippen MR) is 54.2 cm³/mol. The molecular weight excluding hydrogens is 212 g/mol. The van der Waals surface area contributed by atoms with Crippen LogP contribution < -0.4 is 5.73 Å². The molecule has 0 saturated carbocycles. The van der Waals surface area contributed by atoms with Crippen LogP contribution in [0.25, 0.3) is 0 Å². The van der Waals surface area contributed by atoms with E-state index in [-0.39, 0.29) is 29.8 Å². The molecular formula is C10H14N2O4. The lowest BCUT2D eigenvalue weighted by atomic mass is 10.2. The zero-order valence-electron chi connectivity index (χ0n) is 8.81. The summed E-state index contributed by atoms with van der Waals surface area (Å²) in [5, 5.41) is 8.83. The summed E-state index contributed by atoms with van der Waals surface area (Å²) in [6.07, 6.45) is 1.73. The highest BCUT2D eigenvalue weighted by molar-refractivity contribution is 5.99. The van der Waals surface area contributed by atoms with Gasteiger partial charge < -0.3 is 15.6 Å². The van der Waals surface area contributed by atoms with Crippen LogP contribution in [0.5, 0.6) is 0 Å². The first-order chi connectivity index (χ1) is 7.59. The average Bonchev–Trinajstić information content (AvgIpc) is 2.81. The van der Waals surface area contributed by atoms with Crippen LogP contribution in [0.4, 0.5) is 0 Å². The Morgan fingerprint density at radius 2 is 2.38 bits per heavy atom. The molecule has 0 aromatic heterocycles. The number of carboxylic acid groups (broad SMARTS) is 1. The minimum Gasteiger partial charge on any atom is -0.478 e. The SMILES string of the molecule is NC1=C(C(=O)O)CC(=O)N1CC1CCCO1. The summed E-state index contributed by atoms with van der Waals surface area (Å²) in [7, 11) is 0. The molecule has 0 aromatic rings. The van der Waals surface area contributed by atoms with E-state index in [1.54, 1.807) is 0 Å². The van der Waals surface area contributed by atoms with Crippen molar-refractivity contribution in [3.63, 3.8) is 0 Å². The molecule has 88 valence electrons. The second-order valence-electron chi connectivity index (χ2n) is 3.99. The molecule has 2 rings (SSSR count). The quantitative estimate of drug-likeness (QED) is 0.686. The number of amides is 1. The minimum atomic E-state index is -1.12. The van der Waals surface area contributed by atoms with Crippen LogP contribution >= 0.6 is 0 Å². The van der Waals surface area contributed by atoms with Gasteiger partial charge in [0.15, 0.2) is 0 Å².